The van der Waals surface area contributed by atoms with Crippen LogP contribution in [0.2, 0.25) is 0 Å². The number of carbonyl (C=O) groups is 2. The van der Waals surface area contributed by atoms with Gasteiger partial charge in [-0.3, -0.25) is 0 Å². The molecule has 0 bridgehead atoms. The van der Waals surface area contributed by atoms with Crippen LogP contribution < -0.4 is 0 Å². The van der Waals surface area contributed by atoms with Gasteiger partial charge in [-0.05, 0) is 31.1 Å². The average Bonchev–Trinajstić information content (AvgIpc) is 2.18. The summed E-state index contributed by atoms with van der Waals surface area (Å²) < 4.78 is 0. The lowest BCUT2D eigenvalue weighted by molar-refractivity contribution is -0.108. The highest BCUT2D eigenvalue weighted by atomic mass is 16.4. The van der Waals surface area contributed by atoms with E-state index in [0.717, 1.165) is 25.5 Å². The van der Waals surface area contributed by atoms with Gasteiger partial charge in [0.2, 0.25) is 0 Å². The quantitative estimate of drug-likeness (QED) is 0.726. The first-order chi connectivity index (χ1) is 7.13. The summed E-state index contributed by atoms with van der Waals surface area (Å²) in [5, 5.41) is 8.77. The van der Waals surface area contributed by atoms with Crippen molar-refractivity contribution in [2.24, 2.45) is 11.8 Å². The van der Waals surface area contributed by atoms with E-state index in [1.807, 2.05) is 0 Å². The minimum absolute atomic E-state index is 0.434. The second-order valence-corrected chi connectivity index (χ2v) is 4.46. The number of rotatable bonds is 4. The summed E-state index contributed by atoms with van der Waals surface area (Å²) >= 11 is 0. The fraction of sp³-hybridized carbons (Fsp3) is 0.818. The van der Waals surface area contributed by atoms with Crippen LogP contribution in [-0.2, 0) is 4.79 Å². The summed E-state index contributed by atoms with van der Waals surface area (Å²) in [4.78, 5) is 22.5. The van der Waals surface area contributed by atoms with Crippen molar-refractivity contribution in [2.75, 3.05) is 13.1 Å². The van der Waals surface area contributed by atoms with Gasteiger partial charge in [0, 0.05) is 19.5 Å². The maximum atomic E-state index is 10.7. The molecule has 1 heterocycles. The molecule has 1 aliphatic heterocycles. The molecule has 0 radical (unpaired) electrons. The number of hydrogen-bond acceptors (Lipinski definition) is 2. The molecule has 0 saturated carbocycles. The first kappa shape index (κ1) is 12.0. The standard InChI is InChI=1S/C11H19NO3/c1-9(4-7-13)8-10-2-5-12(6-3-10)11(14)15/h7,9-10H,2-6,8H2,1H3,(H,14,15). The van der Waals surface area contributed by atoms with Crippen LogP contribution in [-0.4, -0.2) is 35.5 Å². The zero-order valence-electron chi connectivity index (χ0n) is 9.19. The lowest BCUT2D eigenvalue weighted by Crippen LogP contribution is -2.37. The van der Waals surface area contributed by atoms with Crippen molar-refractivity contribution in [1.82, 2.24) is 4.90 Å². The Morgan fingerprint density at radius 1 is 1.53 bits per heavy atom. The Hall–Kier alpha value is -1.06. The number of hydrogen-bond donors (Lipinski definition) is 1. The Kier molecular flexibility index (Phi) is 4.59. The Balaban J connectivity index is 2.25. The molecule has 1 amide bonds. The summed E-state index contributed by atoms with van der Waals surface area (Å²) in [6.07, 6.45) is 3.71. The van der Waals surface area contributed by atoms with Crippen molar-refractivity contribution in [1.29, 1.82) is 0 Å². The van der Waals surface area contributed by atoms with Gasteiger partial charge in [-0.2, -0.15) is 0 Å². The second-order valence-electron chi connectivity index (χ2n) is 4.46. The Morgan fingerprint density at radius 3 is 2.60 bits per heavy atom. The molecule has 1 rings (SSSR count). The predicted octanol–water partition coefficient (Wildman–Crippen LogP) is 1.99. The zero-order valence-corrected chi connectivity index (χ0v) is 9.19. The van der Waals surface area contributed by atoms with Crippen LogP contribution in [0, 0.1) is 11.8 Å². The minimum Gasteiger partial charge on any atom is -0.465 e. The van der Waals surface area contributed by atoms with Crippen molar-refractivity contribution in [3.63, 3.8) is 0 Å². The fourth-order valence-electron chi connectivity index (χ4n) is 2.19. The molecule has 1 N–H and O–H groups in total. The van der Waals surface area contributed by atoms with Gasteiger partial charge in [0.1, 0.15) is 6.29 Å². The molecule has 4 nitrogen and oxygen atoms in total. The molecule has 1 saturated heterocycles. The molecule has 86 valence electrons. The van der Waals surface area contributed by atoms with Crippen molar-refractivity contribution in [2.45, 2.75) is 32.6 Å². The molecule has 4 heteroatoms. The topological polar surface area (TPSA) is 57.6 Å². The molecule has 0 aromatic heterocycles. The predicted molar refractivity (Wildman–Crippen MR) is 56.8 cm³/mol. The molecular weight excluding hydrogens is 194 g/mol. The van der Waals surface area contributed by atoms with Crippen LogP contribution in [0.15, 0.2) is 0 Å². The largest absolute Gasteiger partial charge is 0.465 e. The highest BCUT2D eigenvalue weighted by Gasteiger charge is 2.23. The van der Waals surface area contributed by atoms with Crippen molar-refractivity contribution in [3.8, 4) is 0 Å². The van der Waals surface area contributed by atoms with E-state index in [-0.39, 0.29) is 0 Å². The number of aldehydes is 1. The van der Waals surface area contributed by atoms with Crippen molar-refractivity contribution < 1.29 is 14.7 Å². The lowest BCUT2D eigenvalue weighted by atomic mass is 9.87. The van der Waals surface area contributed by atoms with Gasteiger partial charge < -0.3 is 14.8 Å². The lowest BCUT2D eigenvalue weighted by Gasteiger charge is -2.31. The maximum absolute atomic E-state index is 10.7. The molecule has 0 aromatic rings. The third kappa shape index (κ3) is 3.90. The third-order valence-corrected chi connectivity index (χ3v) is 3.12. The van der Waals surface area contributed by atoms with Crippen LogP contribution in [0.1, 0.15) is 32.6 Å². The number of carboxylic acid groups (broad SMARTS) is 1. The van der Waals surface area contributed by atoms with Crippen LogP contribution in [0.3, 0.4) is 0 Å². The Morgan fingerprint density at radius 2 is 2.13 bits per heavy atom. The molecule has 0 spiro atoms. The maximum Gasteiger partial charge on any atom is 0.407 e. The highest BCUT2D eigenvalue weighted by molar-refractivity contribution is 5.64. The summed E-state index contributed by atoms with van der Waals surface area (Å²) in [5.41, 5.74) is 0. The van der Waals surface area contributed by atoms with Crippen LogP contribution in [0.4, 0.5) is 4.79 Å². The zero-order chi connectivity index (χ0) is 11.3. The van der Waals surface area contributed by atoms with Gasteiger partial charge in [-0.15, -0.1) is 0 Å². The molecule has 1 aliphatic rings. The van der Waals surface area contributed by atoms with Gasteiger partial charge in [0.15, 0.2) is 0 Å². The summed E-state index contributed by atoms with van der Waals surface area (Å²) in [7, 11) is 0. The van der Waals surface area contributed by atoms with Gasteiger partial charge in [0.25, 0.3) is 0 Å². The van der Waals surface area contributed by atoms with Gasteiger partial charge in [0.05, 0.1) is 0 Å². The second kappa shape index (κ2) is 5.73. The average molecular weight is 213 g/mol. The number of amides is 1. The minimum atomic E-state index is -0.811. The van der Waals surface area contributed by atoms with E-state index in [0.29, 0.717) is 31.3 Å². The molecule has 0 aliphatic carbocycles. The molecule has 15 heavy (non-hydrogen) atoms. The Labute approximate surface area is 90.3 Å². The number of piperidine rings is 1. The monoisotopic (exact) mass is 213 g/mol. The van der Waals surface area contributed by atoms with E-state index in [1.165, 1.54) is 4.90 Å². The first-order valence-electron chi connectivity index (χ1n) is 5.55. The third-order valence-electron chi connectivity index (χ3n) is 3.12. The van der Waals surface area contributed by atoms with Gasteiger partial charge in [-0.25, -0.2) is 4.79 Å². The fourth-order valence-corrected chi connectivity index (χ4v) is 2.19. The van der Waals surface area contributed by atoms with Gasteiger partial charge >= 0.3 is 6.09 Å². The molecular formula is C11H19NO3. The van der Waals surface area contributed by atoms with E-state index < -0.39 is 6.09 Å². The molecule has 1 unspecified atom stereocenters. The first-order valence-corrected chi connectivity index (χ1v) is 5.55. The number of carbonyl (C=O) groups excluding carboxylic acids is 1. The van der Waals surface area contributed by atoms with Crippen molar-refractivity contribution >= 4 is 12.4 Å². The number of nitrogens with zero attached hydrogens (tertiary/aromatic N) is 1. The van der Waals surface area contributed by atoms with Crippen molar-refractivity contribution in [3.05, 3.63) is 0 Å². The number of likely N-dealkylation sites (tertiary alicyclic amines) is 1. The molecule has 0 aromatic carbocycles. The van der Waals surface area contributed by atoms with Crippen LogP contribution in [0.25, 0.3) is 0 Å². The SMILES string of the molecule is CC(CC=O)CC1CCN(C(=O)O)CC1. The van der Waals surface area contributed by atoms with E-state index >= 15 is 0 Å². The van der Waals surface area contributed by atoms with Crippen LogP contribution >= 0.6 is 0 Å². The Bertz CT molecular complexity index is 222. The normalized spacial score (nSPS) is 19.9. The summed E-state index contributed by atoms with van der Waals surface area (Å²) in [6.45, 7) is 3.37. The smallest absolute Gasteiger partial charge is 0.407 e. The molecule has 1 atom stereocenters. The van der Waals surface area contributed by atoms with E-state index in [2.05, 4.69) is 6.92 Å². The molecule has 1 fully saturated rings. The van der Waals surface area contributed by atoms with Gasteiger partial charge in [-0.1, -0.05) is 6.92 Å². The van der Waals surface area contributed by atoms with E-state index in [9.17, 15) is 9.59 Å². The summed E-state index contributed by atoms with van der Waals surface area (Å²) in [6, 6.07) is 0. The van der Waals surface area contributed by atoms with E-state index in [4.69, 9.17) is 5.11 Å². The van der Waals surface area contributed by atoms with E-state index in [1.54, 1.807) is 0 Å². The highest BCUT2D eigenvalue weighted by Crippen LogP contribution is 2.25. The van der Waals surface area contributed by atoms with Crippen LogP contribution in [0.5, 0.6) is 0 Å². The summed E-state index contributed by atoms with van der Waals surface area (Å²) in [5.74, 6) is 1.03.